The van der Waals surface area contributed by atoms with Gasteiger partial charge in [0.1, 0.15) is 11.5 Å². The van der Waals surface area contributed by atoms with Gasteiger partial charge in [-0.05, 0) is 20.8 Å². The van der Waals surface area contributed by atoms with Crippen LogP contribution in [0.25, 0.3) is 0 Å². The summed E-state index contributed by atoms with van der Waals surface area (Å²) >= 11 is 0. The van der Waals surface area contributed by atoms with Crippen molar-refractivity contribution in [2.45, 2.75) is 44.8 Å². The van der Waals surface area contributed by atoms with E-state index in [0.717, 1.165) is 0 Å². The SMILES string of the molecule is CCOC(=O)[C@@H]1C(=O)O[C@]2(CCOC(C)(C)C2)[C@H]1C#N. The molecule has 0 aromatic heterocycles. The third kappa shape index (κ3) is 2.38. The van der Waals surface area contributed by atoms with Crippen molar-refractivity contribution in [3.8, 4) is 6.07 Å². The first-order valence-electron chi connectivity index (χ1n) is 6.78. The summed E-state index contributed by atoms with van der Waals surface area (Å²) in [5, 5.41) is 9.43. The molecule has 110 valence electrons. The predicted molar refractivity (Wildman–Crippen MR) is 67.3 cm³/mol. The second-order valence-corrected chi connectivity index (χ2v) is 5.86. The maximum Gasteiger partial charge on any atom is 0.322 e. The summed E-state index contributed by atoms with van der Waals surface area (Å²) in [5.74, 6) is -3.30. The van der Waals surface area contributed by atoms with Gasteiger partial charge < -0.3 is 14.2 Å². The number of carbonyl (C=O) groups is 2. The van der Waals surface area contributed by atoms with Crippen LogP contribution in [0.15, 0.2) is 0 Å². The molecule has 2 aliphatic heterocycles. The smallest absolute Gasteiger partial charge is 0.322 e. The fraction of sp³-hybridized carbons (Fsp3) is 0.786. The monoisotopic (exact) mass is 281 g/mol. The summed E-state index contributed by atoms with van der Waals surface area (Å²) in [7, 11) is 0. The molecule has 0 N–H and O–H groups in total. The Bertz CT molecular complexity index is 467. The van der Waals surface area contributed by atoms with Crippen LogP contribution < -0.4 is 0 Å². The van der Waals surface area contributed by atoms with Gasteiger partial charge in [-0.15, -0.1) is 0 Å². The second kappa shape index (κ2) is 5.06. The minimum Gasteiger partial charge on any atom is -0.465 e. The maximum absolute atomic E-state index is 12.0. The van der Waals surface area contributed by atoms with Crippen LogP contribution in [-0.2, 0) is 23.8 Å². The van der Waals surface area contributed by atoms with Crippen molar-refractivity contribution in [2.75, 3.05) is 13.2 Å². The predicted octanol–water partition coefficient (Wildman–Crippen LogP) is 1.19. The van der Waals surface area contributed by atoms with Gasteiger partial charge in [-0.2, -0.15) is 5.26 Å². The largest absolute Gasteiger partial charge is 0.465 e. The van der Waals surface area contributed by atoms with Gasteiger partial charge in [0.15, 0.2) is 5.92 Å². The van der Waals surface area contributed by atoms with Gasteiger partial charge in [-0.1, -0.05) is 0 Å². The highest BCUT2D eigenvalue weighted by atomic mass is 16.6. The quantitative estimate of drug-likeness (QED) is 0.558. The molecule has 0 radical (unpaired) electrons. The van der Waals surface area contributed by atoms with Crippen molar-refractivity contribution in [3.63, 3.8) is 0 Å². The summed E-state index contributed by atoms with van der Waals surface area (Å²) in [6.45, 7) is 5.99. The van der Waals surface area contributed by atoms with Gasteiger partial charge in [0.25, 0.3) is 0 Å². The molecule has 2 rings (SSSR count). The molecule has 2 heterocycles. The average molecular weight is 281 g/mol. The zero-order chi connectivity index (χ0) is 15.0. The molecule has 0 aromatic carbocycles. The molecule has 1 spiro atoms. The highest BCUT2D eigenvalue weighted by molar-refractivity contribution is 5.97. The molecule has 0 aromatic rings. The van der Waals surface area contributed by atoms with E-state index in [0.29, 0.717) is 19.4 Å². The Kier molecular flexibility index (Phi) is 3.74. The number of hydrogen-bond donors (Lipinski definition) is 0. The maximum atomic E-state index is 12.0. The lowest BCUT2D eigenvalue weighted by atomic mass is 9.73. The van der Waals surface area contributed by atoms with Crippen LogP contribution in [0.4, 0.5) is 0 Å². The topological polar surface area (TPSA) is 85.6 Å². The summed E-state index contributed by atoms with van der Waals surface area (Å²) in [6.07, 6.45) is 0.830. The van der Waals surface area contributed by atoms with Crippen LogP contribution >= 0.6 is 0 Å². The number of carbonyl (C=O) groups excluding carboxylic acids is 2. The van der Waals surface area contributed by atoms with Crippen molar-refractivity contribution < 1.29 is 23.8 Å². The molecule has 20 heavy (non-hydrogen) atoms. The number of nitrogens with zero attached hydrogens (tertiary/aromatic N) is 1. The van der Waals surface area contributed by atoms with E-state index in [1.54, 1.807) is 6.92 Å². The molecule has 2 fully saturated rings. The van der Waals surface area contributed by atoms with Crippen LogP contribution in [-0.4, -0.2) is 36.4 Å². The average Bonchev–Trinajstić information content (AvgIpc) is 2.59. The van der Waals surface area contributed by atoms with Gasteiger partial charge >= 0.3 is 11.9 Å². The number of hydrogen-bond acceptors (Lipinski definition) is 6. The number of rotatable bonds is 2. The van der Waals surface area contributed by atoms with Gasteiger partial charge in [0.2, 0.25) is 0 Å². The molecule has 3 atom stereocenters. The van der Waals surface area contributed by atoms with E-state index in [9.17, 15) is 14.9 Å². The first kappa shape index (κ1) is 14.8. The minimum atomic E-state index is -1.14. The van der Waals surface area contributed by atoms with Crippen molar-refractivity contribution in [1.29, 1.82) is 5.26 Å². The molecule has 0 amide bonds. The van der Waals surface area contributed by atoms with Crippen LogP contribution in [0.3, 0.4) is 0 Å². The standard InChI is InChI=1S/C14H19NO5/c1-4-18-11(16)10-9(7-15)14(20-12(10)17)5-6-19-13(2,3)8-14/h9-10H,4-6,8H2,1-3H3/t9-,10+,14-/m0/s1. The summed E-state index contributed by atoms with van der Waals surface area (Å²) < 4.78 is 16.0. The van der Waals surface area contributed by atoms with Crippen LogP contribution in [0.5, 0.6) is 0 Å². The van der Waals surface area contributed by atoms with Crippen LogP contribution in [0, 0.1) is 23.2 Å². The van der Waals surface area contributed by atoms with Crippen LogP contribution in [0.2, 0.25) is 0 Å². The lowest BCUT2D eigenvalue weighted by Gasteiger charge is -2.42. The zero-order valence-corrected chi connectivity index (χ0v) is 12.0. The third-order valence-electron chi connectivity index (χ3n) is 3.88. The number of nitriles is 1. The fourth-order valence-corrected chi connectivity index (χ4v) is 3.14. The zero-order valence-electron chi connectivity index (χ0n) is 12.0. The van der Waals surface area contributed by atoms with E-state index in [2.05, 4.69) is 6.07 Å². The Balaban J connectivity index is 2.31. The van der Waals surface area contributed by atoms with E-state index in [4.69, 9.17) is 14.2 Å². The lowest BCUT2D eigenvalue weighted by molar-refractivity contribution is -0.175. The third-order valence-corrected chi connectivity index (χ3v) is 3.88. The number of ether oxygens (including phenoxy) is 3. The Hall–Kier alpha value is -1.61. The molecule has 2 saturated heterocycles. The first-order chi connectivity index (χ1) is 9.35. The van der Waals surface area contributed by atoms with E-state index in [1.807, 2.05) is 13.8 Å². The molecular weight excluding hydrogens is 262 g/mol. The molecule has 0 bridgehead atoms. The number of esters is 2. The normalized spacial score (nSPS) is 35.4. The Morgan fingerprint density at radius 3 is 2.80 bits per heavy atom. The van der Waals surface area contributed by atoms with E-state index >= 15 is 0 Å². The van der Waals surface area contributed by atoms with Crippen molar-refractivity contribution in [3.05, 3.63) is 0 Å². The molecule has 0 aliphatic carbocycles. The fourth-order valence-electron chi connectivity index (χ4n) is 3.14. The Morgan fingerprint density at radius 2 is 2.25 bits per heavy atom. The van der Waals surface area contributed by atoms with Gasteiger partial charge in [-0.25, -0.2) is 0 Å². The summed E-state index contributed by atoms with van der Waals surface area (Å²) in [6, 6.07) is 2.08. The summed E-state index contributed by atoms with van der Waals surface area (Å²) in [5.41, 5.74) is -1.43. The Labute approximate surface area is 118 Å². The highest BCUT2D eigenvalue weighted by Crippen LogP contribution is 2.47. The first-order valence-corrected chi connectivity index (χ1v) is 6.78. The van der Waals surface area contributed by atoms with Gasteiger partial charge in [0, 0.05) is 12.8 Å². The van der Waals surface area contributed by atoms with Crippen molar-refractivity contribution >= 4 is 11.9 Å². The molecule has 0 unspecified atom stereocenters. The van der Waals surface area contributed by atoms with E-state index in [-0.39, 0.29) is 6.61 Å². The van der Waals surface area contributed by atoms with Gasteiger partial charge in [0.05, 0.1) is 24.9 Å². The second-order valence-electron chi connectivity index (χ2n) is 5.86. The molecule has 2 aliphatic rings. The van der Waals surface area contributed by atoms with Crippen molar-refractivity contribution in [1.82, 2.24) is 0 Å². The van der Waals surface area contributed by atoms with E-state index in [1.165, 1.54) is 0 Å². The lowest BCUT2D eigenvalue weighted by Crippen LogP contribution is -2.50. The van der Waals surface area contributed by atoms with Crippen LogP contribution in [0.1, 0.15) is 33.6 Å². The summed E-state index contributed by atoms with van der Waals surface area (Å²) in [4.78, 5) is 23.9. The molecule has 6 nitrogen and oxygen atoms in total. The van der Waals surface area contributed by atoms with Gasteiger partial charge in [-0.3, -0.25) is 9.59 Å². The molecule has 6 heteroatoms. The van der Waals surface area contributed by atoms with Crippen molar-refractivity contribution in [2.24, 2.45) is 11.8 Å². The highest BCUT2D eigenvalue weighted by Gasteiger charge is 2.62. The molecular formula is C14H19NO5. The Morgan fingerprint density at radius 1 is 1.55 bits per heavy atom. The molecule has 0 saturated carbocycles. The van der Waals surface area contributed by atoms with E-state index < -0.39 is 35.0 Å². The minimum absolute atomic E-state index is 0.169.